The van der Waals surface area contributed by atoms with E-state index in [1.165, 1.54) is 0 Å². The lowest BCUT2D eigenvalue weighted by Gasteiger charge is -2.44. The van der Waals surface area contributed by atoms with Crippen LogP contribution in [0.1, 0.15) is 32.1 Å². The maximum absolute atomic E-state index is 13.6. The molecular weight excluding hydrogens is 487 g/mol. The van der Waals surface area contributed by atoms with Crippen molar-refractivity contribution in [2.24, 2.45) is 0 Å². The minimum Gasteiger partial charge on any atom is -0.458 e. The molecule has 9 heteroatoms. The van der Waals surface area contributed by atoms with Crippen LogP contribution in [0.3, 0.4) is 0 Å². The van der Waals surface area contributed by atoms with Gasteiger partial charge in [0.25, 0.3) is 5.91 Å². The fourth-order valence-corrected chi connectivity index (χ4v) is 6.27. The highest BCUT2D eigenvalue weighted by Crippen LogP contribution is 2.47. The first-order valence-corrected chi connectivity index (χ1v) is 12.6. The van der Waals surface area contributed by atoms with E-state index in [0.29, 0.717) is 39.7 Å². The van der Waals surface area contributed by atoms with E-state index in [4.69, 9.17) is 27.6 Å². The molecule has 0 aliphatic carbocycles. The van der Waals surface area contributed by atoms with Gasteiger partial charge >= 0.3 is 0 Å². The fraction of sp³-hybridized carbons (Fsp3) is 0.385. The zero-order chi connectivity index (χ0) is 24.9. The molecule has 7 nitrogen and oxygen atoms in total. The molecule has 0 bridgehead atoms. The number of anilines is 1. The number of hydrogen-bond acceptors (Lipinski definition) is 5. The number of rotatable bonds is 5. The number of fused-ring (bicyclic) bond motifs is 2. The van der Waals surface area contributed by atoms with Crippen molar-refractivity contribution in [1.82, 2.24) is 15.1 Å². The molecule has 2 aromatic carbocycles. The standard InChI is InChI=1S/C26H28Cl2N4O3/c1-4-32-15(2)12-31(13-16(32)3)14-23(33)30-26(22-9-17-7-5-6-8-21(17)35-22)24-19(28)10-18(27)11-20(24)29-25(26)34/h5-11,15-16H,4,12-14H2,1-3H3,(H,29,34)(H,30,33). The average molecular weight is 515 g/mol. The summed E-state index contributed by atoms with van der Waals surface area (Å²) in [6.07, 6.45) is 0. The number of halogens is 2. The van der Waals surface area contributed by atoms with E-state index in [2.05, 4.69) is 41.2 Å². The molecule has 2 N–H and O–H groups in total. The third-order valence-corrected chi connectivity index (χ3v) is 7.57. The van der Waals surface area contributed by atoms with Crippen LogP contribution in [0.15, 0.2) is 46.9 Å². The summed E-state index contributed by atoms with van der Waals surface area (Å²) in [5.41, 5.74) is -0.123. The largest absolute Gasteiger partial charge is 0.458 e. The van der Waals surface area contributed by atoms with Crippen molar-refractivity contribution in [3.8, 4) is 0 Å². The normalized spacial score (nSPS) is 25.0. The highest BCUT2D eigenvalue weighted by atomic mass is 35.5. The Hall–Kier alpha value is -2.58. The number of hydrogen-bond donors (Lipinski definition) is 2. The van der Waals surface area contributed by atoms with Crippen molar-refractivity contribution in [3.05, 3.63) is 63.8 Å². The van der Waals surface area contributed by atoms with Crippen LogP contribution in [0.2, 0.25) is 10.0 Å². The van der Waals surface area contributed by atoms with Gasteiger partial charge in [0.1, 0.15) is 11.3 Å². The number of benzene rings is 2. The maximum atomic E-state index is 13.6. The Morgan fingerprint density at radius 3 is 2.57 bits per heavy atom. The summed E-state index contributed by atoms with van der Waals surface area (Å²) in [5.74, 6) is -0.435. The van der Waals surface area contributed by atoms with Gasteiger partial charge in [0.05, 0.1) is 17.3 Å². The van der Waals surface area contributed by atoms with Gasteiger partial charge < -0.3 is 15.1 Å². The quantitative estimate of drug-likeness (QED) is 0.525. The van der Waals surface area contributed by atoms with Gasteiger partial charge in [-0.25, -0.2) is 0 Å². The molecule has 35 heavy (non-hydrogen) atoms. The van der Waals surface area contributed by atoms with Gasteiger partial charge in [-0.05, 0) is 44.7 Å². The van der Waals surface area contributed by atoms with Crippen LogP contribution in [0.25, 0.3) is 11.0 Å². The van der Waals surface area contributed by atoms with Crippen LogP contribution < -0.4 is 10.6 Å². The summed E-state index contributed by atoms with van der Waals surface area (Å²) in [4.78, 5) is 31.7. The molecule has 1 aromatic heterocycles. The topological polar surface area (TPSA) is 77.8 Å². The van der Waals surface area contributed by atoms with Crippen molar-refractivity contribution < 1.29 is 14.0 Å². The molecule has 2 aliphatic heterocycles. The summed E-state index contributed by atoms with van der Waals surface area (Å²) in [7, 11) is 0. The van der Waals surface area contributed by atoms with Crippen LogP contribution in [0.4, 0.5) is 5.69 Å². The Labute approximate surface area is 214 Å². The van der Waals surface area contributed by atoms with Crippen molar-refractivity contribution in [2.45, 2.75) is 38.4 Å². The second kappa shape index (κ2) is 9.13. The molecule has 0 radical (unpaired) electrons. The summed E-state index contributed by atoms with van der Waals surface area (Å²) in [6, 6.07) is 13.1. The van der Waals surface area contributed by atoms with Crippen LogP contribution in [0, 0.1) is 0 Å². The van der Waals surface area contributed by atoms with Gasteiger partial charge in [0, 0.05) is 41.1 Å². The van der Waals surface area contributed by atoms with E-state index in [1.54, 1.807) is 18.2 Å². The molecule has 3 aromatic rings. The Balaban J connectivity index is 1.53. The average Bonchev–Trinajstić information content (AvgIpc) is 3.33. The van der Waals surface area contributed by atoms with E-state index in [-0.39, 0.29) is 17.5 Å². The summed E-state index contributed by atoms with van der Waals surface area (Å²) < 4.78 is 6.13. The Morgan fingerprint density at radius 2 is 1.89 bits per heavy atom. The zero-order valence-electron chi connectivity index (χ0n) is 19.9. The summed E-state index contributed by atoms with van der Waals surface area (Å²) in [6.45, 7) is 9.15. The Morgan fingerprint density at radius 1 is 1.17 bits per heavy atom. The van der Waals surface area contributed by atoms with Crippen molar-refractivity contribution in [3.63, 3.8) is 0 Å². The Kier molecular flexibility index (Phi) is 6.30. The number of carbonyl (C=O) groups is 2. The number of nitrogens with zero attached hydrogens (tertiary/aromatic N) is 2. The molecule has 2 amide bonds. The first kappa shape index (κ1) is 24.1. The van der Waals surface area contributed by atoms with Gasteiger partial charge in [-0.1, -0.05) is 48.3 Å². The highest BCUT2D eigenvalue weighted by molar-refractivity contribution is 6.37. The zero-order valence-corrected chi connectivity index (χ0v) is 21.4. The van der Waals surface area contributed by atoms with E-state index >= 15 is 0 Å². The Bertz CT molecular complexity index is 1260. The maximum Gasteiger partial charge on any atom is 0.262 e. The fourth-order valence-electron chi connectivity index (χ4n) is 5.64. The molecule has 3 atom stereocenters. The summed E-state index contributed by atoms with van der Waals surface area (Å²) in [5, 5.41) is 7.33. The first-order valence-electron chi connectivity index (χ1n) is 11.8. The molecule has 0 saturated carbocycles. The molecule has 0 spiro atoms. The van der Waals surface area contributed by atoms with Crippen molar-refractivity contribution in [1.29, 1.82) is 0 Å². The lowest BCUT2D eigenvalue weighted by Crippen LogP contribution is -2.59. The predicted octanol–water partition coefficient (Wildman–Crippen LogP) is 4.47. The number of nitrogens with one attached hydrogen (secondary N) is 2. The van der Waals surface area contributed by atoms with Gasteiger partial charge in [0.15, 0.2) is 0 Å². The van der Waals surface area contributed by atoms with E-state index < -0.39 is 11.4 Å². The number of carbonyl (C=O) groups excluding carboxylic acids is 2. The SMILES string of the molecule is CCN1C(C)CN(CC(=O)NC2(c3cc4ccccc4o3)C(=O)Nc3cc(Cl)cc(Cl)c32)CC1C. The van der Waals surface area contributed by atoms with Crippen LogP contribution in [0.5, 0.6) is 0 Å². The molecule has 184 valence electrons. The van der Waals surface area contributed by atoms with E-state index in [0.717, 1.165) is 25.0 Å². The van der Waals surface area contributed by atoms with Gasteiger partial charge in [-0.2, -0.15) is 0 Å². The smallest absolute Gasteiger partial charge is 0.262 e. The number of likely N-dealkylation sites (N-methyl/N-ethyl adjacent to an activating group) is 1. The van der Waals surface area contributed by atoms with Crippen LogP contribution in [-0.2, 0) is 15.1 Å². The van der Waals surface area contributed by atoms with Crippen LogP contribution >= 0.6 is 23.2 Å². The van der Waals surface area contributed by atoms with Crippen molar-refractivity contribution in [2.75, 3.05) is 31.5 Å². The molecular formula is C26H28Cl2N4O3. The molecule has 1 fully saturated rings. The minimum absolute atomic E-state index is 0.155. The van der Waals surface area contributed by atoms with Gasteiger partial charge in [-0.3, -0.25) is 19.4 Å². The monoisotopic (exact) mass is 514 g/mol. The summed E-state index contributed by atoms with van der Waals surface area (Å²) >= 11 is 12.8. The van der Waals surface area contributed by atoms with Crippen LogP contribution in [-0.4, -0.2) is 59.9 Å². The molecule has 3 unspecified atom stereocenters. The molecule has 2 aliphatic rings. The second-order valence-corrected chi connectivity index (χ2v) is 10.3. The highest BCUT2D eigenvalue weighted by Gasteiger charge is 2.54. The molecule has 1 saturated heterocycles. The third-order valence-electron chi connectivity index (χ3n) is 7.05. The van der Waals surface area contributed by atoms with E-state index in [1.807, 2.05) is 24.3 Å². The third kappa shape index (κ3) is 4.10. The molecule has 5 rings (SSSR count). The second-order valence-electron chi connectivity index (χ2n) is 9.43. The number of amides is 2. The van der Waals surface area contributed by atoms with Gasteiger partial charge in [0.2, 0.25) is 11.4 Å². The first-order chi connectivity index (χ1) is 16.7. The molecule has 3 heterocycles. The predicted molar refractivity (Wildman–Crippen MR) is 138 cm³/mol. The number of piperazine rings is 1. The number of furan rings is 1. The van der Waals surface area contributed by atoms with Crippen molar-refractivity contribution >= 4 is 51.7 Å². The van der Waals surface area contributed by atoms with Gasteiger partial charge in [-0.15, -0.1) is 0 Å². The minimum atomic E-state index is -1.62. The van der Waals surface area contributed by atoms with E-state index in [9.17, 15) is 9.59 Å². The number of para-hydroxylation sites is 1. The lowest BCUT2D eigenvalue weighted by atomic mass is 9.88. The lowest BCUT2D eigenvalue weighted by molar-refractivity contribution is -0.130.